The van der Waals surface area contributed by atoms with Crippen LogP contribution in [0.25, 0.3) is 22.4 Å². The number of rotatable bonds is 6. The zero-order chi connectivity index (χ0) is 21.6. The first-order chi connectivity index (χ1) is 15.1. The number of hydrogen-bond acceptors (Lipinski definition) is 4. The molecule has 31 heavy (non-hydrogen) atoms. The molecule has 0 radical (unpaired) electrons. The van der Waals surface area contributed by atoms with Crippen LogP contribution in [0.3, 0.4) is 0 Å². The summed E-state index contributed by atoms with van der Waals surface area (Å²) < 4.78 is 6.05. The minimum Gasteiger partial charge on any atom is -0.488 e. The Hall–Kier alpha value is -4.43. The van der Waals surface area contributed by atoms with Gasteiger partial charge in [-0.3, -0.25) is 10.1 Å². The number of nitriles is 1. The number of hydrogen-bond donors (Lipinski definition) is 0. The molecule has 0 spiro atoms. The van der Waals surface area contributed by atoms with Crippen LogP contribution >= 0.6 is 0 Å². The molecule has 0 heterocycles. The van der Waals surface area contributed by atoms with Crippen LogP contribution in [0.5, 0.6) is 5.75 Å². The Balaban J connectivity index is 1.60. The molecule has 0 N–H and O–H groups in total. The second-order valence-corrected chi connectivity index (χ2v) is 6.99. The maximum atomic E-state index is 11.1. The number of ether oxygens (including phenoxy) is 1. The first-order valence-corrected chi connectivity index (χ1v) is 9.70. The van der Waals surface area contributed by atoms with Gasteiger partial charge >= 0.3 is 0 Å². The van der Waals surface area contributed by atoms with Crippen LogP contribution in [0, 0.1) is 21.4 Å². The number of allylic oxidation sites excluding steroid dienone is 1. The molecule has 4 aromatic carbocycles. The topological polar surface area (TPSA) is 76.2 Å². The molecule has 4 rings (SSSR count). The number of nitro groups is 1. The Morgan fingerprint density at radius 3 is 2.52 bits per heavy atom. The molecule has 0 aliphatic heterocycles. The van der Waals surface area contributed by atoms with E-state index < -0.39 is 4.92 Å². The van der Waals surface area contributed by atoms with Gasteiger partial charge in [0, 0.05) is 17.7 Å². The summed E-state index contributed by atoms with van der Waals surface area (Å²) in [6.07, 6.45) is 1.69. The number of nitro benzene ring substituents is 1. The second kappa shape index (κ2) is 8.93. The SMILES string of the molecule is N#CC(=Cc1ccccc1OCc1ccc2ccccc2c1)c1cccc([N+](=O)[O-])c1. The van der Waals surface area contributed by atoms with Gasteiger partial charge < -0.3 is 4.74 Å². The van der Waals surface area contributed by atoms with Crippen molar-refractivity contribution in [2.24, 2.45) is 0 Å². The Morgan fingerprint density at radius 2 is 1.71 bits per heavy atom. The first kappa shape index (κ1) is 19.9. The Labute approximate surface area is 179 Å². The van der Waals surface area contributed by atoms with Gasteiger partial charge in [0.25, 0.3) is 5.69 Å². The lowest BCUT2D eigenvalue weighted by molar-refractivity contribution is -0.384. The van der Waals surface area contributed by atoms with Gasteiger partial charge in [0.15, 0.2) is 0 Å². The summed E-state index contributed by atoms with van der Waals surface area (Å²) in [6.45, 7) is 0.383. The van der Waals surface area contributed by atoms with Crippen LogP contribution in [-0.4, -0.2) is 4.92 Å². The molecule has 5 heteroatoms. The van der Waals surface area contributed by atoms with Gasteiger partial charge in [0.1, 0.15) is 12.4 Å². The lowest BCUT2D eigenvalue weighted by atomic mass is 10.0. The summed E-state index contributed by atoms with van der Waals surface area (Å²) in [7, 11) is 0. The molecule has 5 nitrogen and oxygen atoms in total. The van der Waals surface area contributed by atoms with Crippen LogP contribution in [0.1, 0.15) is 16.7 Å². The summed E-state index contributed by atoms with van der Waals surface area (Å²) in [4.78, 5) is 10.6. The zero-order valence-electron chi connectivity index (χ0n) is 16.6. The predicted molar refractivity (Wildman–Crippen MR) is 121 cm³/mol. The van der Waals surface area contributed by atoms with Crippen molar-refractivity contribution in [3.8, 4) is 11.8 Å². The van der Waals surface area contributed by atoms with Gasteiger partial charge in [-0.25, -0.2) is 0 Å². The van der Waals surface area contributed by atoms with Crippen LogP contribution < -0.4 is 4.74 Å². The Kier molecular flexibility index (Phi) is 5.72. The van der Waals surface area contributed by atoms with Gasteiger partial charge in [-0.1, -0.05) is 66.7 Å². The number of para-hydroxylation sites is 1. The predicted octanol–water partition coefficient (Wildman–Crippen LogP) is 6.39. The fraction of sp³-hybridized carbons (Fsp3) is 0.0385. The highest BCUT2D eigenvalue weighted by Gasteiger charge is 2.10. The molecule has 0 amide bonds. The molecule has 150 valence electrons. The minimum atomic E-state index is -0.473. The van der Waals surface area contributed by atoms with Gasteiger partial charge in [0.05, 0.1) is 16.6 Å². The van der Waals surface area contributed by atoms with Crippen LogP contribution in [0.4, 0.5) is 5.69 Å². The Morgan fingerprint density at radius 1 is 0.935 bits per heavy atom. The van der Waals surface area contributed by atoms with E-state index in [0.717, 1.165) is 16.5 Å². The van der Waals surface area contributed by atoms with E-state index >= 15 is 0 Å². The third kappa shape index (κ3) is 4.60. The molecule has 0 unspecified atom stereocenters. The van der Waals surface area contributed by atoms with Crippen molar-refractivity contribution < 1.29 is 9.66 Å². The van der Waals surface area contributed by atoms with Crippen LogP contribution in [0.15, 0.2) is 91.0 Å². The van der Waals surface area contributed by atoms with Gasteiger partial charge in [-0.05, 0) is 40.1 Å². The van der Waals surface area contributed by atoms with E-state index in [4.69, 9.17) is 4.74 Å². The van der Waals surface area contributed by atoms with Crippen molar-refractivity contribution in [3.05, 3.63) is 118 Å². The van der Waals surface area contributed by atoms with E-state index in [-0.39, 0.29) is 5.69 Å². The lowest BCUT2D eigenvalue weighted by Crippen LogP contribution is -1.97. The molecule has 0 aromatic heterocycles. The molecule has 0 aliphatic carbocycles. The molecule has 0 bridgehead atoms. The summed E-state index contributed by atoms with van der Waals surface area (Å²) in [5.74, 6) is 0.633. The normalized spacial score (nSPS) is 11.1. The maximum absolute atomic E-state index is 11.1. The highest BCUT2D eigenvalue weighted by Crippen LogP contribution is 2.27. The highest BCUT2D eigenvalue weighted by molar-refractivity contribution is 5.91. The molecule has 0 saturated carbocycles. The molecule has 0 fully saturated rings. The second-order valence-electron chi connectivity index (χ2n) is 6.99. The van der Waals surface area contributed by atoms with Gasteiger partial charge in [0.2, 0.25) is 0 Å². The van der Waals surface area contributed by atoms with Crippen molar-refractivity contribution in [1.82, 2.24) is 0 Å². The number of nitrogens with zero attached hydrogens (tertiary/aromatic N) is 2. The highest BCUT2D eigenvalue weighted by atomic mass is 16.6. The molecular weight excluding hydrogens is 388 g/mol. The molecule has 0 atom stereocenters. The third-order valence-electron chi connectivity index (χ3n) is 4.92. The summed E-state index contributed by atoms with van der Waals surface area (Å²) in [6, 6.07) is 29.9. The minimum absolute atomic E-state index is 0.0560. The largest absolute Gasteiger partial charge is 0.488 e. The fourth-order valence-electron chi connectivity index (χ4n) is 3.34. The van der Waals surface area contributed by atoms with Crippen molar-refractivity contribution >= 4 is 28.1 Å². The van der Waals surface area contributed by atoms with E-state index in [2.05, 4.69) is 30.3 Å². The van der Waals surface area contributed by atoms with Gasteiger partial charge in [-0.15, -0.1) is 0 Å². The molecule has 0 aliphatic rings. The van der Waals surface area contributed by atoms with E-state index in [1.165, 1.54) is 17.5 Å². The lowest BCUT2D eigenvalue weighted by Gasteiger charge is -2.10. The van der Waals surface area contributed by atoms with Crippen molar-refractivity contribution in [2.45, 2.75) is 6.61 Å². The zero-order valence-corrected chi connectivity index (χ0v) is 16.6. The Bertz CT molecular complexity index is 1340. The van der Waals surface area contributed by atoms with E-state index in [1.807, 2.05) is 42.5 Å². The van der Waals surface area contributed by atoms with E-state index in [9.17, 15) is 15.4 Å². The standard InChI is InChI=1S/C26H18N2O3/c27-17-24(22-9-5-10-25(16-22)28(29)30)15-23-8-3-4-11-26(23)31-18-19-12-13-20-6-1-2-7-21(20)14-19/h1-16H,18H2. The average molecular weight is 406 g/mol. The van der Waals surface area contributed by atoms with Crippen molar-refractivity contribution in [2.75, 3.05) is 0 Å². The number of fused-ring (bicyclic) bond motifs is 1. The fourth-order valence-corrected chi connectivity index (χ4v) is 3.34. The first-order valence-electron chi connectivity index (χ1n) is 9.70. The summed E-state index contributed by atoms with van der Waals surface area (Å²) >= 11 is 0. The number of benzene rings is 4. The van der Waals surface area contributed by atoms with Crippen LogP contribution in [0.2, 0.25) is 0 Å². The number of non-ortho nitro benzene ring substituents is 1. The van der Waals surface area contributed by atoms with E-state index in [0.29, 0.717) is 23.5 Å². The summed E-state index contributed by atoms with van der Waals surface area (Å²) in [5, 5.41) is 23.0. The summed E-state index contributed by atoms with van der Waals surface area (Å²) in [5.41, 5.74) is 2.52. The quantitative estimate of drug-likeness (QED) is 0.161. The molecular formula is C26H18N2O3. The van der Waals surface area contributed by atoms with Gasteiger partial charge in [-0.2, -0.15) is 5.26 Å². The van der Waals surface area contributed by atoms with Crippen LogP contribution in [-0.2, 0) is 6.61 Å². The average Bonchev–Trinajstić information content (AvgIpc) is 2.81. The molecule has 0 saturated heterocycles. The monoisotopic (exact) mass is 406 g/mol. The van der Waals surface area contributed by atoms with E-state index in [1.54, 1.807) is 18.2 Å². The maximum Gasteiger partial charge on any atom is 0.270 e. The van der Waals surface area contributed by atoms with Crippen molar-refractivity contribution in [3.63, 3.8) is 0 Å². The van der Waals surface area contributed by atoms with Crippen molar-refractivity contribution in [1.29, 1.82) is 5.26 Å². The third-order valence-corrected chi connectivity index (χ3v) is 4.92. The smallest absolute Gasteiger partial charge is 0.270 e. The molecule has 4 aromatic rings.